The van der Waals surface area contributed by atoms with Gasteiger partial charge < -0.3 is 15.2 Å². The number of hydrogen-bond donors (Lipinski definition) is 3. The molecule has 3 aromatic rings. The van der Waals surface area contributed by atoms with E-state index in [2.05, 4.69) is 25.9 Å². The number of benzene rings is 2. The predicted molar refractivity (Wildman–Crippen MR) is 78.8 cm³/mol. The fourth-order valence-electron chi connectivity index (χ4n) is 1.92. The Balaban J connectivity index is 2.24. The molecule has 0 atom stereocenters. The highest BCUT2D eigenvalue weighted by molar-refractivity contribution is 9.10. The summed E-state index contributed by atoms with van der Waals surface area (Å²) in [6.07, 6.45) is 0. The third-order valence-corrected chi connectivity index (χ3v) is 3.41. The molecule has 3 N–H and O–H groups in total. The Hall–Kier alpha value is -2.34. The Bertz CT molecular complexity index is 874. The maximum Gasteiger partial charge on any atom is 0.259 e. The Kier molecular flexibility index (Phi) is 2.94. The van der Waals surface area contributed by atoms with Crippen molar-refractivity contribution < 1.29 is 10.2 Å². The second-order valence-corrected chi connectivity index (χ2v) is 5.20. The number of aromatic nitrogens is 2. The molecule has 100 valence electrons. The number of nitrogens with zero attached hydrogens (tertiary/aromatic N) is 1. The third kappa shape index (κ3) is 2.14. The Morgan fingerprint density at radius 2 is 1.85 bits per heavy atom. The summed E-state index contributed by atoms with van der Waals surface area (Å²) in [5, 5.41) is 19.3. The van der Waals surface area contributed by atoms with E-state index in [0.29, 0.717) is 22.3 Å². The summed E-state index contributed by atoms with van der Waals surface area (Å²) in [6.45, 7) is 0. The Morgan fingerprint density at radius 3 is 2.60 bits per heavy atom. The molecule has 0 radical (unpaired) electrons. The fourth-order valence-corrected chi connectivity index (χ4v) is 2.28. The Morgan fingerprint density at radius 1 is 1.05 bits per heavy atom. The summed E-state index contributed by atoms with van der Waals surface area (Å²) in [5.74, 6) is -0.151. The molecule has 0 aliphatic heterocycles. The molecule has 0 bridgehead atoms. The van der Waals surface area contributed by atoms with Crippen LogP contribution in [0.25, 0.3) is 22.3 Å². The van der Waals surface area contributed by atoms with Gasteiger partial charge in [0.05, 0.1) is 10.9 Å². The van der Waals surface area contributed by atoms with Gasteiger partial charge in [-0.2, -0.15) is 0 Å². The second kappa shape index (κ2) is 4.64. The zero-order chi connectivity index (χ0) is 14.3. The number of rotatable bonds is 1. The SMILES string of the molecule is O=c1[nH]c(-c2ccc(O)c(O)c2)nc2ccc(Br)cc12. The standard InChI is InChI=1S/C14H9BrN2O3/c15-8-2-3-10-9(6-8)14(20)17-13(16-10)7-1-4-11(18)12(19)5-7/h1-6,18-19H,(H,16,17,20). The van der Waals surface area contributed by atoms with E-state index in [0.717, 1.165) is 4.47 Å². The number of H-pyrrole nitrogens is 1. The number of fused-ring (bicyclic) bond motifs is 1. The smallest absolute Gasteiger partial charge is 0.259 e. The van der Waals surface area contributed by atoms with Crippen LogP contribution >= 0.6 is 15.9 Å². The summed E-state index contributed by atoms with van der Waals surface area (Å²) >= 11 is 3.31. The topological polar surface area (TPSA) is 86.2 Å². The van der Waals surface area contributed by atoms with E-state index in [1.807, 2.05) is 0 Å². The number of nitrogens with one attached hydrogen (secondary N) is 1. The van der Waals surface area contributed by atoms with E-state index in [4.69, 9.17) is 0 Å². The molecule has 0 aliphatic rings. The van der Waals surface area contributed by atoms with Crippen LogP contribution in [-0.4, -0.2) is 20.2 Å². The normalized spacial score (nSPS) is 10.8. The lowest BCUT2D eigenvalue weighted by Crippen LogP contribution is -2.09. The second-order valence-electron chi connectivity index (χ2n) is 4.28. The molecule has 2 aromatic carbocycles. The van der Waals surface area contributed by atoms with E-state index in [9.17, 15) is 15.0 Å². The molecule has 1 heterocycles. The number of hydrogen-bond acceptors (Lipinski definition) is 4. The summed E-state index contributed by atoms with van der Waals surface area (Å²) in [6, 6.07) is 9.48. The summed E-state index contributed by atoms with van der Waals surface area (Å²) in [7, 11) is 0. The van der Waals surface area contributed by atoms with Gasteiger partial charge in [0.1, 0.15) is 5.82 Å². The fraction of sp³-hybridized carbons (Fsp3) is 0. The molecule has 0 aliphatic carbocycles. The molecule has 3 rings (SSSR count). The van der Waals surface area contributed by atoms with Gasteiger partial charge in [-0.05, 0) is 36.4 Å². The van der Waals surface area contributed by atoms with Gasteiger partial charge in [0.25, 0.3) is 5.56 Å². The maximum atomic E-state index is 12.0. The van der Waals surface area contributed by atoms with Crippen LogP contribution in [0.2, 0.25) is 0 Å². The highest BCUT2D eigenvalue weighted by Crippen LogP contribution is 2.29. The van der Waals surface area contributed by atoms with Gasteiger partial charge in [0, 0.05) is 10.0 Å². The van der Waals surface area contributed by atoms with Crippen LogP contribution in [0.15, 0.2) is 45.7 Å². The molecule has 6 heteroatoms. The first-order chi connectivity index (χ1) is 9.54. The molecule has 0 amide bonds. The van der Waals surface area contributed by atoms with Gasteiger partial charge in [0.15, 0.2) is 11.5 Å². The molecule has 0 spiro atoms. The summed E-state index contributed by atoms with van der Waals surface area (Å²) < 4.78 is 0.798. The van der Waals surface area contributed by atoms with E-state index < -0.39 is 0 Å². The van der Waals surface area contributed by atoms with Gasteiger partial charge in [-0.25, -0.2) is 4.98 Å². The number of phenols is 2. The maximum absolute atomic E-state index is 12.0. The lowest BCUT2D eigenvalue weighted by Gasteiger charge is -2.05. The van der Waals surface area contributed by atoms with Gasteiger partial charge >= 0.3 is 0 Å². The van der Waals surface area contributed by atoms with Crippen molar-refractivity contribution in [3.8, 4) is 22.9 Å². The van der Waals surface area contributed by atoms with Crippen LogP contribution in [0.3, 0.4) is 0 Å². The van der Waals surface area contributed by atoms with Crippen molar-refractivity contribution >= 4 is 26.8 Å². The minimum Gasteiger partial charge on any atom is -0.504 e. The zero-order valence-electron chi connectivity index (χ0n) is 10.1. The summed E-state index contributed by atoms with van der Waals surface area (Å²) in [4.78, 5) is 19.1. The highest BCUT2D eigenvalue weighted by atomic mass is 79.9. The molecule has 0 saturated carbocycles. The van der Waals surface area contributed by atoms with E-state index in [-0.39, 0.29) is 17.1 Å². The number of phenolic OH excluding ortho intramolecular Hbond substituents is 2. The van der Waals surface area contributed by atoms with Crippen molar-refractivity contribution in [1.29, 1.82) is 0 Å². The largest absolute Gasteiger partial charge is 0.504 e. The molecule has 5 nitrogen and oxygen atoms in total. The van der Waals surface area contributed by atoms with Crippen molar-refractivity contribution in [3.63, 3.8) is 0 Å². The van der Waals surface area contributed by atoms with Gasteiger partial charge in [-0.15, -0.1) is 0 Å². The van der Waals surface area contributed by atoms with Crippen LogP contribution in [0, 0.1) is 0 Å². The predicted octanol–water partition coefficient (Wildman–Crippen LogP) is 2.76. The van der Waals surface area contributed by atoms with Crippen molar-refractivity contribution in [3.05, 3.63) is 51.2 Å². The lowest BCUT2D eigenvalue weighted by molar-refractivity contribution is 0.404. The van der Waals surface area contributed by atoms with Gasteiger partial charge in [-0.3, -0.25) is 4.79 Å². The molecule has 20 heavy (non-hydrogen) atoms. The number of halogens is 1. The van der Waals surface area contributed by atoms with E-state index >= 15 is 0 Å². The first-order valence-electron chi connectivity index (χ1n) is 5.76. The van der Waals surface area contributed by atoms with Crippen LogP contribution in [0.4, 0.5) is 0 Å². The van der Waals surface area contributed by atoms with Crippen molar-refractivity contribution in [2.75, 3.05) is 0 Å². The Labute approximate surface area is 121 Å². The van der Waals surface area contributed by atoms with Crippen molar-refractivity contribution in [2.24, 2.45) is 0 Å². The molecule has 0 fully saturated rings. The minimum atomic E-state index is -0.265. The average Bonchev–Trinajstić information content (AvgIpc) is 2.42. The molecule has 1 aromatic heterocycles. The lowest BCUT2D eigenvalue weighted by atomic mass is 10.1. The first kappa shape index (κ1) is 12.7. The molecule has 0 saturated heterocycles. The highest BCUT2D eigenvalue weighted by Gasteiger charge is 2.08. The quantitative estimate of drug-likeness (QED) is 0.598. The van der Waals surface area contributed by atoms with Crippen molar-refractivity contribution in [2.45, 2.75) is 0 Å². The van der Waals surface area contributed by atoms with Gasteiger partial charge in [-0.1, -0.05) is 15.9 Å². The molecule has 0 unspecified atom stereocenters. The average molecular weight is 333 g/mol. The van der Waals surface area contributed by atoms with Crippen LogP contribution in [-0.2, 0) is 0 Å². The van der Waals surface area contributed by atoms with E-state index in [1.54, 1.807) is 24.3 Å². The number of aromatic amines is 1. The van der Waals surface area contributed by atoms with Crippen molar-refractivity contribution in [1.82, 2.24) is 9.97 Å². The first-order valence-corrected chi connectivity index (χ1v) is 6.56. The van der Waals surface area contributed by atoms with E-state index in [1.165, 1.54) is 12.1 Å². The van der Waals surface area contributed by atoms with Crippen LogP contribution < -0.4 is 5.56 Å². The van der Waals surface area contributed by atoms with Crippen LogP contribution in [0.1, 0.15) is 0 Å². The summed E-state index contributed by atoms with van der Waals surface area (Å²) in [5.41, 5.74) is 0.806. The molecular weight excluding hydrogens is 324 g/mol. The van der Waals surface area contributed by atoms with Gasteiger partial charge in [0.2, 0.25) is 0 Å². The molecular formula is C14H9BrN2O3. The van der Waals surface area contributed by atoms with Crippen LogP contribution in [0.5, 0.6) is 11.5 Å². The number of aromatic hydroxyl groups is 2. The third-order valence-electron chi connectivity index (χ3n) is 2.92. The zero-order valence-corrected chi connectivity index (χ0v) is 11.7. The monoisotopic (exact) mass is 332 g/mol. The minimum absolute atomic E-state index is 0.221.